The van der Waals surface area contributed by atoms with Crippen molar-refractivity contribution < 1.29 is 13.7 Å². The van der Waals surface area contributed by atoms with E-state index in [0.717, 1.165) is 24.2 Å². The monoisotopic (exact) mass is 339 g/mol. The molecule has 1 amide bonds. The molecule has 0 saturated carbocycles. The summed E-state index contributed by atoms with van der Waals surface area (Å²) in [5.74, 6) is 0.349. The molecule has 7 heteroatoms. The zero-order chi connectivity index (χ0) is 17.2. The Kier molecular flexibility index (Phi) is 5.39. The third-order valence-corrected chi connectivity index (χ3v) is 4.79. The Morgan fingerprint density at radius 1 is 1.35 bits per heavy atom. The number of aromatic nitrogens is 2. The van der Waals surface area contributed by atoms with E-state index >= 15 is 0 Å². The van der Waals surface area contributed by atoms with Crippen molar-refractivity contribution in [1.82, 2.24) is 14.9 Å². The Balaban J connectivity index is 2.06. The topological polar surface area (TPSA) is 72.4 Å². The molecular formula is C16H25N3O3S. The first-order valence-electron chi connectivity index (χ1n) is 7.86. The first-order valence-corrected chi connectivity index (χ1v) is 9.18. The van der Waals surface area contributed by atoms with Gasteiger partial charge in [-0.05, 0) is 53.5 Å². The third-order valence-electron chi connectivity index (χ3n) is 3.51. The highest BCUT2D eigenvalue weighted by Gasteiger charge is 2.33. The number of carbonyl (C=O) groups excluding carboxylic acids is 1. The minimum atomic E-state index is -1.33. The average Bonchev–Trinajstić information content (AvgIpc) is 2.83. The molecule has 0 N–H and O–H groups in total. The number of hydrogen-bond donors (Lipinski definition) is 0. The fourth-order valence-electron chi connectivity index (χ4n) is 2.61. The van der Waals surface area contributed by atoms with Crippen LogP contribution in [0.15, 0.2) is 11.2 Å². The van der Waals surface area contributed by atoms with Gasteiger partial charge in [0.25, 0.3) is 0 Å². The minimum absolute atomic E-state index is 0.0879. The van der Waals surface area contributed by atoms with Crippen LogP contribution in [0.4, 0.5) is 4.79 Å². The van der Waals surface area contributed by atoms with Gasteiger partial charge in [0.05, 0.1) is 16.6 Å². The molecule has 0 unspecified atom stereocenters. The zero-order valence-electron chi connectivity index (χ0n) is 14.5. The molecule has 0 aliphatic carbocycles. The molecule has 23 heavy (non-hydrogen) atoms. The molecule has 1 aromatic heterocycles. The van der Waals surface area contributed by atoms with Gasteiger partial charge in [0.15, 0.2) is 0 Å². The Morgan fingerprint density at radius 3 is 2.52 bits per heavy atom. The number of ether oxygens (including phenoxy) is 1. The van der Waals surface area contributed by atoms with E-state index < -0.39 is 16.4 Å². The molecule has 1 aliphatic heterocycles. The summed E-state index contributed by atoms with van der Waals surface area (Å²) in [6.45, 7) is 9.90. The van der Waals surface area contributed by atoms with Gasteiger partial charge in [-0.15, -0.1) is 0 Å². The van der Waals surface area contributed by atoms with Crippen LogP contribution in [-0.4, -0.2) is 49.1 Å². The summed E-state index contributed by atoms with van der Waals surface area (Å²) >= 11 is 0. The quantitative estimate of drug-likeness (QED) is 0.792. The van der Waals surface area contributed by atoms with Gasteiger partial charge >= 0.3 is 6.09 Å². The molecule has 0 radical (unpaired) electrons. The van der Waals surface area contributed by atoms with Crippen molar-refractivity contribution in [2.24, 2.45) is 0 Å². The van der Waals surface area contributed by atoms with E-state index in [1.807, 2.05) is 40.7 Å². The number of amides is 1. The predicted molar refractivity (Wildman–Crippen MR) is 88.7 cm³/mol. The first-order chi connectivity index (χ1) is 10.7. The first kappa shape index (κ1) is 17.8. The maximum Gasteiger partial charge on any atom is 0.410 e. The van der Waals surface area contributed by atoms with Crippen LogP contribution in [0.25, 0.3) is 0 Å². The van der Waals surface area contributed by atoms with Crippen molar-refractivity contribution in [1.29, 1.82) is 0 Å². The average molecular weight is 339 g/mol. The molecule has 6 nitrogen and oxygen atoms in total. The van der Waals surface area contributed by atoms with Gasteiger partial charge in [-0.25, -0.2) is 14.8 Å². The minimum Gasteiger partial charge on any atom is -0.444 e. The van der Waals surface area contributed by atoms with Crippen molar-refractivity contribution in [3.05, 3.63) is 17.5 Å². The predicted octanol–water partition coefficient (Wildman–Crippen LogP) is 2.60. The second-order valence-corrected chi connectivity index (χ2v) is 8.30. The van der Waals surface area contributed by atoms with Gasteiger partial charge in [0.1, 0.15) is 5.60 Å². The fraction of sp³-hybridized carbons (Fsp3) is 0.688. The normalized spacial score (nSPS) is 19.7. The summed E-state index contributed by atoms with van der Waals surface area (Å²) in [6, 6.07) is 1.76. The number of rotatable bonds is 3. The molecule has 0 bridgehead atoms. The number of nitrogens with zero attached hydrogens (tertiary/aromatic N) is 3. The molecular weight excluding hydrogens is 314 g/mol. The van der Waals surface area contributed by atoms with Gasteiger partial charge in [-0.3, -0.25) is 4.21 Å². The van der Waals surface area contributed by atoms with E-state index in [9.17, 15) is 9.00 Å². The van der Waals surface area contributed by atoms with Crippen LogP contribution in [0.2, 0.25) is 0 Å². The molecule has 1 fully saturated rings. The second kappa shape index (κ2) is 6.95. The molecule has 2 rings (SSSR count). The number of hydrogen-bond acceptors (Lipinski definition) is 5. The van der Waals surface area contributed by atoms with Gasteiger partial charge < -0.3 is 9.64 Å². The lowest BCUT2D eigenvalue weighted by atomic mass is 10.2. The molecule has 128 valence electrons. The van der Waals surface area contributed by atoms with Crippen LogP contribution < -0.4 is 0 Å². The van der Waals surface area contributed by atoms with Crippen molar-refractivity contribution in [3.8, 4) is 0 Å². The van der Waals surface area contributed by atoms with Gasteiger partial charge in [0.2, 0.25) is 5.16 Å². The van der Waals surface area contributed by atoms with E-state index in [1.54, 1.807) is 4.90 Å². The Labute approximate surface area is 140 Å². The van der Waals surface area contributed by atoms with E-state index in [0.29, 0.717) is 17.5 Å². The Morgan fingerprint density at radius 2 is 1.96 bits per heavy atom. The lowest BCUT2D eigenvalue weighted by Gasteiger charge is -2.28. The van der Waals surface area contributed by atoms with Crippen molar-refractivity contribution >= 4 is 16.9 Å². The van der Waals surface area contributed by atoms with Crippen LogP contribution in [-0.2, 0) is 15.5 Å². The summed E-state index contributed by atoms with van der Waals surface area (Å²) in [5.41, 5.74) is 1.08. The Bertz CT molecular complexity index is 593. The number of likely N-dealkylation sites (tertiary alicyclic amines) is 1. The van der Waals surface area contributed by atoms with Crippen LogP contribution in [0.1, 0.15) is 45.0 Å². The molecule has 1 aromatic rings. The number of aryl methyl sites for hydroxylation is 2. The van der Waals surface area contributed by atoms with Crippen LogP contribution >= 0.6 is 0 Å². The van der Waals surface area contributed by atoms with Gasteiger partial charge in [0, 0.05) is 24.0 Å². The Hall–Kier alpha value is -1.50. The largest absolute Gasteiger partial charge is 0.444 e. The highest BCUT2D eigenvalue weighted by atomic mass is 32.2. The van der Waals surface area contributed by atoms with E-state index in [2.05, 4.69) is 9.97 Å². The molecule has 0 aromatic carbocycles. The fourth-order valence-corrected chi connectivity index (χ4v) is 3.95. The molecule has 0 spiro atoms. The summed E-state index contributed by atoms with van der Waals surface area (Å²) in [7, 11) is -1.33. The maximum atomic E-state index is 12.6. The van der Waals surface area contributed by atoms with E-state index in [4.69, 9.17) is 4.74 Å². The van der Waals surface area contributed by atoms with Crippen LogP contribution in [0.5, 0.6) is 0 Å². The highest BCUT2D eigenvalue weighted by molar-refractivity contribution is 7.84. The lowest BCUT2D eigenvalue weighted by Crippen LogP contribution is -2.42. The lowest BCUT2D eigenvalue weighted by molar-refractivity contribution is 0.0241. The number of carbonyl (C=O) groups is 1. The van der Waals surface area contributed by atoms with Crippen molar-refractivity contribution in [2.75, 3.05) is 12.3 Å². The standard InChI is InChI=1S/C16H25N3O3S/c1-11-9-12(2)18-14(17-11)23(21)10-13-7-6-8-19(13)15(20)22-16(3,4)5/h9,13H,6-8,10H2,1-5H3/t13-,23+/m0/s1. The SMILES string of the molecule is Cc1cc(C)nc([S@](=O)C[C@@H]2CCCN2C(=O)OC(C)(C)C)n1. The second-order valence-electron chi connectivity index (χ2n) is 6.92. The summed E-state index contributed by atoms with van der Waals surface area (Å²) in [4.78, 5) is 22.5. The van der Waals surface area contributed by atoms with Crippen LogP contribution in [0, 0.1) is 13.8 Å². The molecule has 2 heterocycles. The molecule has 2 atom stereocenters. The van der Waals surface area contributed by atoms with Crippen molar-refractivity contribution in [2.45, 2.75) is 64.3 Å². The van der Waals surface area contributed by atoms with E-state index in [-0.39, 0.29) is 12.1 Å². The van der Waals surface area contributed by atoms with Crippen LogP contribution in [0.3, 0.4) is 0 Å². The van der Waals surface area contributed by atoms with Gasteiger partial charge in [-0.2, -0.15) is 0 Å². The summed E-state index contributed by atoms with van der Waals surface area (Å²) in [6.07, 6.45) is 1.39. The smallest absolute Gasteiger partial charge is 0.410 e. The molecule has 1 saturated heterocycles. The summed E-state index contributed by atoms with van der Waals surface area (Å²) in [5, 5.41) is 0.346. The van der Waals surface area contributed by atoms with Gasteiger partial charge in [-0.1, -0.05) is 0 Å². The van der Waals surface area contributed by atoms with Crippen molar-refractivity contribution in [3.63, 3.8) is 0 Å². The van der Waals surface area contributed by atoms with E-state index in [1.165, 1.54) is 0 Å². The maximum absolute atomic E-state index is 12.6. The highest BCUT2D eigenvalue weighted by Crippen LogP contribution is 2.22. The summed E-state index contributed by atoms with van der Waals surface area (Å²) < 4.78 is 18.0. The zero-order valence-corrected chi connectivity index (χ0v) is 15.3. The third kappa shape index (κ3) is 4.99. The molecule has 1 aliphatic rings.